The van der Waals surface area contributed by atoms with E-state index >= 15 is 0 Å². The molecular weight excluding hydrogens is 129 g/mol. The molecule has 0 unspecified atom stereocenters. The summed E-state index contributed by atoms with van der Waals surface area (Å²) in [6.45, 7) is 4.39. The van der Waals surface area contributed by atoms with Crippen LogP contribution in [0.2, 0.25) is 0 Å². The van der Waals surface area contributed by atoms with Crippen LogP contribution in [-0.4, -0.2) is 12.8 Å². The van der Waals surface area contributed by atoms with Gasteiger partial charge >= 0.3 is 0 Å². The molecule has 1 aromatic heterocycles. The van der Waals surface area contributed by atoms with Crippen LogP contribution in [-0.2, 0) is 0 Å². The van der Waals surface area contributed by atoms with Crippen LogP contribution in [0.15, 0.2) is 5.51 Å². The molecule has 3 heteroatoms. The molecule has 1 aromatic rings. The van der Waals surface area contributed by atoms with Crippen LogP contribution in [0.25, 0.3) is 0 Å². The average Bonchev–Trinajstić information content (AvgIpc) is 2.13. The molecule has 0 spiro atoms. The number of rotatable bonds is 1. The lowest BCUT2D eigenvalue weighted by Gasteiger charge is -1.99. The van der Waals surface area contributed by atoms with Crippen LogP contribution in [0.1, 0.15) is 24.6 Å². The molecule has 1 rings (SSSR count). The Hall–Kier alpha value is -0.305. The largest absolute Gasteiger partial charge is 0.260 e. The molecule has 0 saturated carbocycles. The minimum Gasteiger partial charge on any atom is -0.260 e. The van der Waals surface area contributed by atoms with E-state index in [1.807, 2.05) is 5.51 Å². The van der Waals surface area contributed by atoms with Gasteiger partial charge in [0.2, 0.25) is 0 Å². The third-order valence-electron chi connectivity index (χ3n) is 1.31. The molecule has 0 radical (unpaired) electrons. The Morgan fingerprint density at radius 3 is 2.56 bits per heavy atom. The topological polar surface area (TPSA) is 12.9 Å². The van der Waals surface area contributed by atoms with Crippen molar-refractivity contribution in [3.63, 3.8) is 0 Å². The number of aromatic nitrogens is 1. The second kappa shape index (κ2) is 2.52. The van der Waals surface area contributed by atoms with E-state index < -0.39 is 0 Å². The molecule has 0 atom stereocenters. The summed E-state index contributed by atoms with van der Waals surface area (Å²) in [4.78, 5) is 5.57. The lowest BCUT2D eigenvalue weighted by molar-refractivity contribution is 0.893. The summed E-state index contributed by atoms with van der Waals surface area (Å²) in [7, 11) is 2.06. The predicted octanol–water partition coefficient (Wildman–Crippen LogP) is 0.525. The van der Waals surface area contributed by atoms with Crippen LogP contribution >= 0.6 is 11.3 Å². The van der Waals surface area contributed by atoms with Gasteiger partial charge in [-0.1, -0.05) is 13.8 Å². The third kappa shape index (κ3) is 1.33. The first kappa shape index (κ1) is 6.81. The van der Waals surface area contributed by atoms with Gasteiger partial charge in [-0.3, -0.25) is 4.98 Å². The minimum absolute atomic E-state index is 0.637. The van der Waals surface area contributed by atoms with Gasteiger partial charge in [0, 0.05) is 10.5 Å². The maximum Gasteiger partial charge on any atom is 0.165 e. The Bertz CT molecular complexity index is 195. The van der Waals surface area contributed by atoms with Crippen molar-refractivity contribution in [2.24, 2.45) is 0 Å². The fraction of sp³-hybridized carbons (Fsp3) is 0.500. The standard InChI is InChI=1S/C6H10BNS/c1-4(2)5-6(7)8-3-9-5/h3-4H,7H2,1-2H3. The second-order valence-corrected chi connectivity index (χ2v) is 3.34. The number of thiazole rings is 1. The number of hydrogen-bond acceptors (Lipinski definition) is 2. The summed E-state index contributed by atoms with van der Waals surface area (Å²) < 4.78 is 0. The van der Waals surface area contributed by atoms with E-state index in [4.69, 9.17) is 0 Å². The smallest absolute Gasteiger partial charge is 0.165 e. The van der Waals surface area contributed by atoms with Gasteiger partial charge in [-0.2, -0.15) is 0 Å². The molecule has 9 heavy (non-hydrogen) atoms. The van der Waals surface area contributed by atoms with Crippen LogP contribution in [0.4, 0.5) is 0 Å². The van der Waals surface area contributed by atoms with Crippen LogP contribution in [0, 0.1) is 0 Å². The number of nitrogens with zero attached hydrogens (tertiary/aromatic N) is 1. The van der Waals surface area contributed by atoms with Crippen molar-refractivity contribution in [1.29, 1.82) is 0 Å². The van der Waals surface area contributed by atoms with Crippen LogP contribution in [0.3, 0.4) is 0 Å². The van der Waals surface area contributed by atoms with Crippen molar-refractivity contribution in [1.82, 2.24) is 4.98 Å². The highest BCUT2D eigenvalue weighted by atomic mass is 32.1. The Labute approximate surface area is 60.5 Å². The van der Waals surface area contributed by atoms with Gasteiger partial charge in [-0.05, 0) is 5.92 Å². The summed E-state index contributed by atoms with van der Waals surface area (Å²) in [5.74, 6) is 0.637. The van der Waals surface area contributed by atoms with Crippen molar-refractivity contribution in [2.75, 3.05) is 0 Å². The normalized spacial score (nSPS) is 10.6. The van der Waals surface area contributed by atoms with E-state index in [2.05, 4.69) is 26.7 Å². The van der Waals surface area contributed by atoms with Crippen molar-refractivity contribution in [3.05, 3.63) is 10.4 Å². The molecular formula is C6H10BNS. The Morgan fingerprint density at radius 2 is 2.33 bits per heavy atom. The van der Waals surface area contributed by atoms with E-state index in [1.54, 1.807) is 11.3 Å². The highest BCUT2D eigenvalue weighted by Gasteiger charge is 2.03. The zero-order valence-electron chi connectivity index (χ0n) is 6.01. The quantitative estimate of drug-likeness (QED) is 0.517. The molecule has 0 fully saturated rings. The minimum atomic E-state index is 0.637. The molecule has 0 aliphatic heterocycles. The Kier molecular flexibility index (Phi) is 1.91. The molecule has 0 amide bonds. The molecule has 1 nitrogen and oxygen atoms in total. The van der Waals surface area contributed by atoms with Crippen LogP contribution in [0.5, 0.6) is 0 Å². The first-order valence-corrected chi connectivity index (χ1v) is 3.99. The van der Waals surface area contributed by atoms with Gasteiger partial charge in [0.15, 0.2) is 7.85 Å². The molecule has 0 aliphatic carbocycles. The van der Waals surface area contributed by atoms with Crippen molar-refractivity contribution >= 4 is 24.8 Å². The lowest BCUT2D eigenvalue weighted by atomic mass is 9.98. The summed E-state index contributed by atoms with van der Waals surface area (Å²) in [6.07, 6.45) is 0. The maximum atomic E-state index is 4.16. The highest BCUT2D eigenvalue weighted by molar-refractivity contribution is 7.10. The van der Waals surface area contributed by atoms with Gasteiger partial charge in [0.1, 0.15) is 0 Å². The van der Waals surface area contributed by atoms with Gasteiger partial charge < -0.3 is 0 Å². The Balaban J connectivity index is 2.94. The molecule has 0 aliphatic rings. The van der Waals surface area contributed by atoms with Gasteiger partial charge in [0.25, 0.3) is 0 Å². The average molecular weight is 139 g/mol. The highest BCUT2D eigenvalue weighted by Crippen LogP contribution is 2.14. The zero-order valence-corrected chi connectivity index (χ0v) is 6.83. The van der Waals surface area contributed by atoms with E-state index in [0.29, 0.717) is 5.92 Å². The van der Waals surface area contributed by atoms with E-state index in [0.717, 1.165) is 0 Å². The molecule has 0 saturated heterocycles. The first-order valence-electron chi connectivity index (χ1n) is 3.12. The first-order chi connectivity index (χ1) is 4.22. The van der Waals surface area contributed by atoms with E-state index in [1.165, 1.54) is 10.5 Å². The molecule has 1 heterocycles. The van der Waals surface area contributed by atoms with E-state index in [-0.39, 0.29) is 0 Å². The second-order valence-electron chi connectivity index (χ2n) is 2.46. The number of hydrogen-bond donors (Lipinski definition) is 0. The van der Waals surface area contributed by atoms with Crippen molar-refractivity contribution in [3.8, 4) is 0 Å². The van der Waals surface area contributed by atoms with E-state index in [9.17, 15) is 0 Å². The van der Waals surface area contributed by atoms with Crippen LogP contribution < -0.4 is 5.59 Å². The van der Waals surface area contributed by atoms with Gasteiger partial charge in [-0.25, -0.2) is 0 Å². The Morgan fingerprint density at radius 1 is 1.67 bits per heavy atom. The summed E-state index contributed by atoms with van der Waals surface area (Å²) in [5, 5.41) is 0. The third-order valence-corrected chi connectivity index (χ3v) is 2.54. The molecule has 0 aromatic carbocycles. The van der Waals surface area contributed by atoms with Crippen molar-refractivity contribution < 1.29 is 0 Å². The summed E-state index contributed by atoms with van der Waals surface area (Å²) >= 11 is 1.75. The van der Waals surface area contributed by atoms with Gasteiger partial charge in [0.05, 0.1) is 5.51 Å². The predicted molar refractivity (Wildman–Crippen MR) is 44.4 cm³/mol. The lowest BCUT2D eigenvalue weighted by Crippen LogP contribution is -2.09. The SMILES string of the molecule is Bc1ncsc1C(C)C. The molecule has 48 valence electrons. The fourth-order valence-corrected chi connectivity index (χ4v) is 1.68. The van der Waals surface area contributed by atoms with Gasteiger partial charge in [-0.15, -0.1) is 11.3 Å². The summed E-state index contributed by atoms with van der Waals surface area (Å²) in [6, 6.07) is 0. The fourth-order valence-electron chi connectivity index (χ4n) is 0.865. The maximum absolute atomic E-state index is 4.16. The zero-order chi connectivity index (χ0) is 6.85. The molecule has 0 N–H and O–H groups in total. The monoisotopic (exact) mass is 139 g/mol. The summed E-state index contributed by atoms with van der Waals surface area (Å²) in [5.41, 5.74) is 3.10. The molecule has 0 bridgehead atoms. The van der Waals surface area contributed by atoms with Crippen molar-refractivity contribution in [2.45, 2.75) is 19.8 Å².